The van der Waals surface area contributed by atoms with E-state index in [2.05, 4.69) is 0 Å². The third-order valence-electron chi connectivity index (χ3n) is 5.21. The molecule has 5 nitrogen and oxygen atoms in total. The van der Waals surface area contributed by atoms with Crippen LogP contribution in [0.15, 0.2) is 59.5 Å². The molecule has 2 aromatic carbocycles. The molecule has 32 heavy (non-hydrogen) atoms. The number of aliphatic hydroxyl groups excluding tert-OH is 1. The molecule has 3 aromatic rings. The minimum absolute atomic E-state index is 0.0227. The number of hydrogen-bond donors (Lipinski definition) is 1. The summed E-state index contributed by atoms with van der Waals surface area (Å²) in [6, 6.07) is 10.3. The van der Waals surface area contributed by atoms with E-state index in [4.69, 9.17) is 4.74 Å². The number of halogens is 2. The number of nitrogens with zero attached hydrogens (tertiary/aromatic N) is 1. The van der Waals surface area contributed by atoms with E-state index < -0.39 is 29.4 Å². The molecule has 0 saturated carbocycles. The fourth-order valence-electron chi connectivity index (χ4n) is 3.68. The van der Waals surface area contributed by atoms with Crippen LogP contribution in [0, 0.1) is 18.6 Å². The molecule has 1 amide bonds. The van der Waals surface area contributed by atoms with Crippen LogP contribution >= 0.6 is 11.3 Å². The molecular weight excluding hydrogens is 436 g/mol. The third kappa shape index (κ3) is 3.67. The lowest BCUT2D eigenvalue weighted by Gasteiger charge is -2.25. The fourth-order valence-corrected chi connectivity index (χ4v) is 4.70. The molecule has 1 unspecified atom stereocenters. The Hall–Kier alpha value is -3.52. The number of ketones is 1. The standard InChI is InChI=1S/C24H19F2NO4S/c1-3-31-16-7-4-14(5-8-16)21(28)19-20(23-13(2)10-11-32-23)27(24(30)22(19)29)15-6-9-17(25)18(26)12-15/h4-12,20,28H,3H2,1-2H3/b21-19-. The van der Waals surface area contributed by atoms with Crippen LogP contribution in [0.3, 0.4) is 0 Å². The Balaban J connectivity index is 1.89. The van der Waals surface area contributed by atoms with Gasteiger partial charge in [-0.25, -0.2) is 8.78 Å². The summed E-state index contributed by atoms with van der Waals surface area (Å²) in [5.74, 6) is -3.80. The molecule has 2 heterocycles. The van der Waals surface area contributed by atoms with Gasteiger partial charge in [0.1, 0.15) is 17.6 Å². The lowest BCUT2D eigenvalue weighted by Crippen LogP contribution is -2.29. The number of aliphatic hydroxyl groups is 1. The maximum atomic E-state index is 14.0. The van der Waals surface area contributed by atoms with E-state index in [1.165, 1.54) is 17.4 Å². The number of hydrogen-bond acceptors (Lipinski definition) is 5. The molecule has 1 N–H and O–H groups in total. The summed E-state index contributed by atoms with van der Waals surface area (Å²) in [5, 5.41) is 12.9. The average Bonchev–Trinajstić information content (AvgIpc) is 3.31. The van der Waals surface area contributed by atoms with Gasteiger partial charge in [-0.2, -0.15) is 0 Å². The summed E-state index contributed by atoms with van der Waals surface area (Å²) in [6.07, 6.45) is 0. The van der Waals surface area contributed by atoms with Gasteiger partial charge >= 0.3 is 0 Å². The van der Waals surface area contributed by atoms with Crippen LogP contribution < -0.4 is 9.64 Å². The fraction of sp³-hybridized carbons (Fsp3) is 0.167. The highest BCUT2D eigenvalue weighted by Gasteiger charge is 2.48. The van der Waals surface area contributed by atoms with Gasteiger partial charge in [-0.1, -0.05) is 0 Å². The van der Waals surface area contributed by atoms with Gasteiger partial charge in [-0.15, -0.1) is 11.3 Å². The lowest BCUT2D eigenvalue weighted by molar-refractivity contribution is -0.132. The van der Waals surface area contributed by atoms with Crippen molar-refractivity contribution in [2.75, 3.05) is 11.5 Å². The zero-order valence-electron chi connectivity index (χ0n) is 17.3. The van der Waals surface area contributed by atoms with Crippen LogP contribution in [-0.4, -0.2) is 23.4 Å². The molecule has 0 aliphatic carbocycles. The molecule has 1 aromatic heterocycles. The number of carbonyl (C=O) groups excluding carboxylic acids is 2. The Kier molecular flexibility index (Phi) is 5.80. The summed E-state index contributed by atoms with van der Waals surface area (Å²) in [7, 11) is 0. The number of ether oxygens (including phenoxy) is 1. The van der Waals surface area contributed by atoms with E-state index in [0.717, 1.165) is 22.6 Å². The van der Waals surface area contributed by atoms with Gasteiger partial charge in [0, 0.05) is 22.2 Å². The van der Waals surface area contributed by atoms with Crippen LogP contribution in [0.2, 0.25) is 0 Å². The second-order valence-corrected chi connectivity index (χ2v) is 8.14. The highest BCUT2D eigenvalue weighted by molar-refractivity contribution is 7.10. The van der Waals surface area contributed by atoms with E-state index in [9.17, 15) is 23.5 Å². The Labute approximate surface area is 187 Å². The number of benzene rings is 2. The quantitative estimate of drug-likeness (QED) is 0.320. The van der Waals surface area contributed by atoms with Crippen molar-refractivity contribution in [3.63, 3.8) is 0 Å². The first kappa shape index (κ1) is 21.7. The zero-order valence-corrected chi connectivity index (χ0v) is 18.1. The molecule has 1 atom stereocenters. The largest absolute Gasteiger partial charge is 0.507 e. The monoisotopic (exact) mass is 455 g/mol. The number of thiophene rings is 1. The maximum Gasteiger partial charge on any atom is 0.300 e. The molecule has 0 radical (unpaired) electrons. The summed E-state index contributed by atoms with van der Waals surface area (Å²) < 4.78 is 32.9. The number of anilines is 1. The molecular formula is C24H19F2NO4S. The molecule has 0 spiro atoms. The Morgan fingerprint density at radius 3 is 2.41 bits per heavy atom. The molecule has 164 valence electrons. The molecule has 1 aliphatic rings. The van der Waals surface area contributed by atoms with Crippen molar-refractivity contribution in [3.8, 4) is 5.75 Å². The van der Waals surface area contributed by atoms with Crippen molar-refractivity contribution < 1.29 is 28.2 Å². The summed E-state index contributed by atoms with van der Waals surface area (Å²) in [5.41, 5.74) is 1.03. The summed E-state index contributed by atoms with van der Waals surface area (Å²) in [4.78, 5) is 27.8. The first-order chi connectivity index (χ1) is 15.3. The average molecular weight is 455 g/mol. The second kappa shape index (κ2) is 8.55. The Morgan fingerprint density at radius 2 is 1.81 bits per heavy atom. The third-order valence-corrected chi connectivity index (χ3v) is 6.29. The van der Waals surface area contributed by atoms with E-state index in [-0.39, 0.29) is 17.0 Å². The Morgan fingerprint density at radius 1 is 1.09 bits per heavy atom. The zero-order chi connectivity index (χ0) is 23.0. The smallest absolute Gasteiger partial charge is 0.300 e. The second-order valence-electron chi connectivity index (χ2n) is 7.19. The van der Waals surface area contributed by atoms with Gasteiger partial charge in [0.05, 0.1) is 12.2 Å². The highest BCUT2D eigenvalue weighted by Crippen LogP contribution is 2.45. The van der Waals surface area contributed by atoms with Crippen molar-refractivity contribution >= 4 is 34.5 Å². The molecule has 8 heteroatoms. The SMILES string of the molecule is CCOc1ccc(/C(O)=C2/C(=O)C(=O)N(c3ccc(F)c(F)c3)C2c2sccc2C)cc1. The van der Waals surface area contributed by atoms with Gasteiger partial charge in [0.2, 0.25) is 0 Å². The maximum absolute atomic E-state index is 14.0. The van der Waals surface area contributed by atoms with Crippen LogP contribution in [-0.2, 0) is 9.59 Å². The number of Topliss-reactive ketones (excluding diaryl/α,β-unsaturated/α-hetero) is 1. The van der Waals surface area contributed by atoms with Crippen LogP contribution in [0.5, 0.6) is 5.75 Å². The van der Waals surface area contributed by atoms with E-state index in [1.54, 1.807) is 29.6 Å². The van der Waals surface area contributed by atoms with Crippen LogP contribution in [0.25, 0.3) is 5.76 Å². The summed E-state index contributed by atoms with van der Waals surface area (Å²) in [6.45, 7) is 4.13. The van der Waals surface area contributed by atoms with Crippen molar-refractivity contribution in [3.05, 3.63) is 87.1 Å². The number of amides is 1. The highest BCUT2D eigenvalue weighted by atomic mass is 32.1. The van der Waals surface area contributed by atoms with Crippen molar-refractivity contribution in [1.29, 1.82) is 0 Å². The van der Waals surface area contributed by atoms with E-state index >= 15 is 0 Å². The number of carbonyl (C=O) groups is 2. The molecule has 1 aliphatic heterocycles. The molecule has 1 fully saturated rings. The van der Waals surface area contributed by atoms with Crippen LogP contribution in [0.4, 0.5) is 14.5 Å². The minimum Gasteiger partial charge on any atom is -0.507 e. The van der Waals surface area contributed by atoms with E-state index in [1.807, 2.05) is 19.9 Å². The minimum atomic E-state index is -1.14. The first-order valence-corrected chi connectivity index (χ1v) is 10.7. The Bertz CT molecular complexity index is 1230. The molecule has 0 bridgehead atoms. The van der Waals surface area contributed by atoms with Gasteiger partial charge in [0.15, 0.2) is 11.6 Å². The van der Waals surface area contributed by atoms with Crippen molar-refractivity contribution in [2.24, 2.45) is 0 Å². The van der Waals surface area contributed by atoms with Gasteiger partial charge in [-0.3, -0.25) is 14.5 Å². The van der Waals surface area contributed by atoms with Crippen molar-refractivity contribution in [2.45, 2.75) is 19.9 Å². The van der Waals surface area contributed by atoms with Crippen LogP contribution in [0.1, 0.15) is 29.0 Å². The number of aryl methyl sites for hydroxylation is 1. The number of rotatable bonds is 5. The first-order valence-electron chi connectivity index (χ1n) is 9.86. The topological polar surface area (TPSA) is 66.8 Å². The normalized spacial score (nSPS) is 17.8. The van der Waals surface area contributed by atoms with Gasteiger partial charge in [0.25, 0.3) is 11.7 Å². The predicted octanol–water partition coefficient (Wildman–Crippen LogP) is 5.36. The lowest BCUT2D eigenvalue weighted by atomic mass is 9.98. The van der Waals surface area contributed by atoms with Gasteiger partial charge in [-0.05, 0) is 67.3 Å². The molecule has 1 saturated heterocycles. The molecule has 4 rings (SSSR count). The predicted molar refractivity (Wildman–Crippen MR) is 118 cm³/mol. The van der Waals surface area contributed by atoms with E-state index in [0.29, 0.717) is 22.8 Å². The summed E-state index contributed by atoms with van der Waals surface area (Å²) >= 11 is 1.30. The van der Waals surface area contributed by atoms with Gasteiger partial charge < -0.3 is 9.84 Å². The van der Waals surface area contributed by atoms with Crippen molar-refractivity contribution in [1.82, 2.24) is 0 Å².